The summed E-state index contributed by atoms with van der Waals surface area (Å²) in [5, 5.41) is 4.57. The lowest BCUT2D eigenvalue weighted by molar-refractivity contribution is 0.627. The van der Waals surface area contributed by atoms with Crippen molar-refractivity contribution >= 4 is 77.7 Å². The number of para-hydroxylation sites is 4. The smallest absolute Gasteiger partial charge is 0.123 e. The molecule has 2 heterocycles. The summed E-state index contributed by atoms with van der Waals surface area (Å²) in [6.07, 6.45) is 0. The molecule has 342 valence electrons. The summed E-state index contributed by atoms with van der Waals surface area (Å²) in [4.78, 5) is 4.39. The van der Waals surface area contributed by atoms with Gasteiger partial charge in [0.1, 0.15) is 11.6 Å². The molecule has 4 nitrogen and oxygen atoms in total. The number of rotatable bonds is 10. The molecule has 0 amide bonds. The minimum Gasteiger partial charge on any atom is -0.310 e. The van der Waals surface area contributed by atoms with Crippen LogP contribution in [0.4, 0.5) is 42.9 Å². The van der Waals surface area contributed by atoms with Crippen LogP contribution in [-0.2, 0) is 0 Å². The van der Waals surface area contributed by atoms with Crippen LogP contribution in [0.25, 0.3) is 77.2 Å². The highest BCUT2D eigenvalue weighted by atomic mass is 19.1. The van der Waals surface area contributed by atoms with Gasteiger partial charge in [0.25, 0.3) is 0 Å². The van der Waals surface area contributed by atoms with Crippen LogP contribution in [0, 0.1) is 11.6 Å². The average Bonchev–Trinajstić information content (AvgIpc) is 3.95. The molecule has 0 N–H and O–H groups in total. The van der Waals surface area contributed by atoms with Crippen LogP contribution in [0.15, 0.2) is 267 Å². The Labute approximate surface area is 415 Å². The topological polar surface area (TPSA) is 16.3 Å². The number of anilines is 6. The van der Waals surface area contributed by atoms with Gasteiger partial charge in [0.05, 0.1) is 22.1 Å². The summed E-state index contributed by atoms with van der Waals surface area (Å²) < 4.78 is 33.6. The van der Waals surface area contributed by atoms with E-state index in [4.69, 9.17) is 0 Å². The molecule has 0 aliphatic rings. The van der Waals surface area contributed by atoms with Crippen molar-refractivity contribution in [1.29, 1.82) is 0 Å². The number of hydrogen-bond acceptors (Lipinski definition) is 2. The van der Waals surface area contributed by atoms with Gasteiger partial charge in [-0.2, -0.15) is 0 Å². The van der Waals surface area contributed by atoms with Gasteiger partial charge in [-0.1, -0.05) is 115 Å². The number of benzene rings is 11. The number of nitrogens with zero attached hydrogens (tertiary/aromatic N) is 4. The molecule has 0 aliphatic heterocycles. The van der Waals surface area contributed by atoms with Crippen LogP contribution in [0.2, 0.25) is 0 Å². The van der Waals surface area contributed by atoms with Gasteiger partial charge in [-0.05, 0) is 174 Å². The molecule has 0 aliphatic carbocycles. The second kappa shape index (κ2) is 17.8. The van der Waals surface area contributed by atoms with E-state index < -0.39 is 0 Å². The van der Waals surface area contributed by atoms with E-state index >= 15 is 0 Å². The molecule has 0 spiro atoms. The second-order valence-electron chi connectivity index (χ2n) is 18.1. The van der Waals surface area contributed by atoms with Crippen molar-refractivity contribution in [2.45, 2.75) is 0 Å². The Balaban J connectivity index is 0.859. The van der Waals surface area contributed by atoms with E-state index in [2.05, 4.69) is 225 Å². The second-order valence-corrected chi connectivity index (χ2v) is 18.1. The molecular formula is C66H44F2N4. The SMILES string of the molecule is Fc1ccc(N(c2ccc(-c3cccc(-c4cccc(N(c5ccc(F)cc5)c5ccc6c(c5)c5ccccc5n6-c5ccccc5)c4)c3)cc2)c2ccc3c(c2)c2ccccc2n3-c2ccccc2)cc1. The van der Waals surface area contributed by atoms with Gasteiger partial charge < -0.3 is 18.9 Å². The Kier molecular flexibility index (Phi) is 10.5. The maximum absolute atomic E-state index is 14.5. The normalized spacial score (nSPS) is 11.5. The molecule has 0 unspecified atom stereocenters. The number of fused-ring (bicyclic) bond motifs is 6. The number of halogens is 2. The summed E-state index contributed by atoms with van der Waals surface area (Å²) in [5.74, 6) is -0.569. The van der Waals surface area contributed by atoms with Gasteiger partial charge in [-0.15, -0.1) is 0 Å². The standard InChI is InChI=1S/C66H44F2N4/c67-49-27-33-54(34-28-49)69(57-37-39-65-61(43-57)59-21-7-9-23-63(59)71(65)51-16-3-1-4-17-51)53-31-25-45(26-32-53)46-13-11-14-47(41-46)48-15-12-20-56(42-48)70(55-35-29-50(68)30-36-55)58-38-40-66-62(44-58)60-22-8-10-24-64(60)72(66)52-18-5-2-6-19-52/h1-44H. The van der Waals surface area contributed by atoms with E-state index in [-0.39, 0.29) is 11.6 Å². The first-order valence-corrected chi connectivity index (χ1v) is 24.1. The first kappa shape index (κ1) is 42.6. The summed E-state index contributed by atoms with van der Waals surface area (Å²) in [6, 6.07) is 90.2. The van der Waals surface area contributed by atoms with Crippen LogP contribution in [0.1, 0.15) is 0 Å². The van der Waals surface area contributed by atoms with Gasteiger partial charge in [0.2, 0.25) is 0 Å². The Morgan fingerprint density at radius 1 is 0.236 bits per heavy atom. The predicted octanol–water partition coefficient (Wildman–Crippen LogP) is 18.4. The van der Waals surface area contributed by atoms with Crippen LogP contribution in [0.5, 0.6) is 0 Å². The minimum absolute atomic E-state index is 0.283. The Bertz CT molecular complexity index is 4110. The third kappa shape index (κ3) is 7.54. The molecule has 11 aromatic carbocycles. The molecule has 0 fully saturated rings. The van der Waals surface area contributed by atoms with Crippen molar-refractivity contribution in [2.24, 2.45) is 0 Å². The number of aromatic nitrogens is 2. The monoisotopic (exact) mass is 930 g/mol. The van der Waals surface area contributed by atoms with E-state index in [0.717, 1.165) is 111 Å². The lowest BCUT2D eigenvalue weighted by Gasteiger charge is -2.26. The maximum Gasteiger partial charge on any atom is 0.123 e. The van der Waals surface area contributed by atoms with Crippen LogP contribution < -0.4 is 9.80 Å². The zero-order valence-corrected chi connectivity index (χ0v) is 38.9. The average molecular weight is 931 g/mol. The zero-order valence-electron chi connectivity index (χ0n) is 38.9. The van der Waals surface area contributed by atoms with E-state index in [1.54, 1.807) is 0 Å². The number of hydrogen-bond donors (Lipinski definition) is 0. The van der Waals surface area contributed by atoms with Crippen molar-refractivity contribution in [2.75, 3.05) is 9.80 Å². The largest absolute Gasteiger partial charge is 0.310 e. The molecule has 13 aromatic rings. The van der Waals surface area contributed by atoms with Crippen molar-refractivity contribution in [3.05, 3.63) is 279 Å². The highest BCUT2D eigenvalue weighted by Gasteiger charge is 2.20. The molecule has 0 saturated heterocycles. The van der Waals surface area contributed by atoms with Gasteiger partial charge in [0.15, 0.2) is 0 Å². The first-order chi connectivity index (χ1) is 35.5. The van der Waals surface area contributed by atoms with Crippen LogP contribution in [-0.4, -0.2) is 9.13 Å². The summed E-state index contributed by atoms with van der Waals surface area (Å²) in [6.45, 7) is 0. The van der Waals surface area contributed by atoms with E-state index in [9.17, 15) is 8.78 Å². The highest BCUT2D eigenvalue weighted by Crippen LogP contribution is 2.43. The molecular weight excluding hydrogens is 887 g/mol. The Morgan fingerprint density at radius 3 is 1.10 bits per heavy atom. The van der Waals surface area contributed by atoms with E-state index in [1.165, 1.54) is 24.3 Å². The molecule has 0 atom stereocenters. The van der Waals surface area contributed by atoms with Crippen molar-refractivity contribution in [3.63, 3.8) is 0 Å². The molecule has 13 rings (SSSR count). The van der Waals surface area contributed by atoms with Gasteiger partial charge in [0, 0.05) is 67.0 Å². The molecule has 6 heteroatoms. The molecule has 0 saturated carbocycles. The fourth-order valence-corrected chi connectivity index (χ4v) is 10.5. The van der Waals surface area contributed by atoms with Gasteiger partial charge >= 0.3 is 0 Å². The molecule has 0 bridgehead atoms. The van der Waals surface area contributed by atoms with Crippen LogP contribution in [0.3, 0.4) is 0 Å². The highest BCUT2D eigenvalue weighted by molar-refractivity contribution is 6.12. The van der Waals surface area contributed by atoms with E-state index in [1.807, 2.05) is 36.4 Å². The lowest BCUT2D eigenvalue weighted by Crippen LogP contribution is -2.10. The van der Waals surface area contributed by atoms with Crippen LogP contribution >= 0.6 is 0 Å². The minimum atomic E-state index is -0.285. The van der Waals surface area contributed by atoms with Crippen molar-refractivity contribution < 1.29 is 8.78 Å². The van der Waals surface area contributed by atoms with Gasteiger partial charge in [-0.3, -0.25) is 0 Å². The maximum atomic E-state index is 14.5. The molecule has 72 heavy (non-hydrogen) atoms. The van der Waals surface area contributed by atoms with Crippen molar-refractivity contribution in [1.82, 2.24) is 9.13 Å². The van der Waals surface area contributed by atoms with Crippen molar-refractivity contribution in [3.8, 4) is 33.6 Å². The fraction of sp³-hybridized carbons (Fsp3) is 0. The lowest BCUT2D eigenvalue weighted by atomic mass is 9.98. The molecule has 2 aromatic heterocycles. The predicted molar refractivity (Wildman–Crippen MR) is 295 cm³/mol. The third-order valence-electron chi connectivity index (χ3n) is 13.8. The fourth-order valence-electron chi connectivity index (χ4n) is 10.5. The Hall–Kier alpha value is -9.52. The van der Waals surface area contributed by atoms with Gasteiger partial charge in [-0.25, -0.2) is 8.78 Å². The van der Waals surface area contributed by atoms with E-state index in [0.29, 0.717) is 0 Å². The summed E-state index contributed by atoms with van der Waals surface area (Å²) >= 11 is 0. The first-order valence-electron chi connectivity index (χ1n) is 24.1. The quantitative estimate of drug-likeness (QED) is 0.136. The third-order valence-corrected chi connectivity index (χ3v) is 13.8. The Morgan fingerprint density at radius 2 is 0.597 bits per heavy atom. The zero-order chi connectivity index (χ0) is 48.1. The summed E-state index contributed by atoms with van der Waals surface area (Å²) in [5.41, 5.74) is 16.5. The summed E-state index contributed by atoms with van der Waals surface area (Å²) in [7, 11) is 0. The molecule has 0 radical (unpaired) electrons.